The average molecular weight is 148 g/mol. The highest BCUT2D eigenvalue weighted by Crippen LogP contribution is 1.90. The first-order valence-corrected chi connectivity index (χ1v) is 8.24. The van der Waals surface area contributed by atoms with E-state index in [0.29, 0.717) is 9.52 Å². The molecule has 44 valence electrons. The van der Waals surface area contributed by atoms with Crippen LogP contribution in [-0.2, 0) is 0 Å². The monoisotopic (exact) mass is 148 g/mol. The van der Waals surface area contributed by atoms with Crippen LogP contribution in [0.2, 0.25) is 24.2 Å². The Bertz CT molecular complexity index is 26.1. The Morgan fingerprint density at radius 1 is 1.00 bits per heavy atom. The lowest BCUT2D eigenvalue weighted by Gasteiger charge is -1.89. The van der Waals surface area contributed by atoms with Crippen LogP contribution in [-0.4, -0.2) is 30.0 Å². The van der Waals surface area contributed by atoms with E-state index < -0.39 is 0 Å². The summed E-state index contributed by atoms with van der Waals surface area (Å²) < 4.78 is 0. The first kappa shape index (κ1) is 7.65. The maximum atomic E-state index is 1.65. The van der Waals surface area contributed by atoms with Crippen LogP contribution in [0.3, 0.4) is 0 Å². The molecule has 0 N–H and O–H groups in total. The van der Waals surface area contributed by atoms with E-state index in [4.69, 9.17) is 0 Å². The molecule has 0 spiro atoms. The molecule has 0 heterocycles. The van der Waals surface area contributed by atoms with Crippen molar-refractivity contribution in [1.29, 1.82) is 0 Å². The van der Waals surface area contributed by atoms with Gasteiger partial charge in [0.1, 0.15) is 0 Å². The molecule has 0 aromatic rings. The van der Waals surface area contributed by atoms with Gasteiger partial charge in [-0.2, -0.15) is 0 Å². The minimum absolute atomic E-state index is 0.481. The highest BCUT2D eigenvalue weighted by atomic mass is 28.2. The van der Waals surface area contributed by atoms with Crippen molar-refractivity contribution in [1.82, 2.24) is 0 Å². The molecule has 0 radical (unpaired) electrons. The molecule has 3 heteroatoms. The van der Waals surface area contributed by atoms with Crippen LogP contribution < -0.4 is 0 Å². The van der Waals surface area contributed by atoms with Gasteiger partial charge >= 0.3 is 0 Å². The van der Waals surface area contributed by atoms with Gasteiger partial charge in [0.25, 0.3) is 0 Å². The fourth-order valence-electron chi connectivity index (χ4n) is 0.677. The topological polar surface area (TPSA) is 0 Å². The summed E-state index contributed by atoms with van der Waals surface area (Å²) in [5.41, 5.74) is 0. The van der Waals surface area contributed by atoms with E-state index in [-0.39, 0.29) is 0 Å². The highest BCUT2D eigenvalue weighted by Gasteiger charge is 1.81. The van der Waals surface area contributed by atoms with Gasteiger partial charge in [-0.1, -0.05) is 24.2 Å². The Kier molecular flexibility index (Phi) is 7.27. The van der Waals surface area contributed by atoms with Gasteiger partial charge in [-0.05, 0) is 0 Å². The van der Waals surface area contributed by atoms with Gasteiger partial charge in [0, 0.05) is 30.0 Å². The third kappa shape index (κ3) is 6.65. The van der Waals surface area contributed by atoms with E-state index in [9.17, 15) is 0 Å². The summed E-state index contributed by atoms with van der Waals surface area (Å²) in [5.74, 6) is 0. The molecule has 0 nitrogen and oxygen atoms in total. The van der Waals surface area contributed by atoms with Gasteiger partial charge < -0.3 is 0 Å². The minimum atomic E-state index is 0.481. The summed E-state index contributed by atoms with van der Waals surface area (Å²) in [4.78, 5) is 0. The maximum Gasteiger partial charge on any atom is 0.0191 e. The van der Waals surface area contributed by atoms with Gasteiger partial charge in [-0.15, -0.1) is 0 Å². The first-order valence-electron chi connectivity index (χ1n) is 3.41. The summed E-state index contributed by atoms with van der Waals surface area (Å²) in [5, 5.41) is 0. The van der Waals surface area contributed by atoms with Crippen LogP contribution >= 0.6 is 0 Å². The average Bonchev–Trinajstić information content (AvgIpc) is 1.69. The lowest BCUT2D eigenvalue weighted by atomic mass is 10.9. The van der Waals surface area contributed by atoms with Crippen molar-refractivity contribution in [2.45, 2.75) is 24.2 Å². The quantitative estimate of drug-likeness (QED) is 0.338. The third-order valence-electron chi connectivity index (χ3n) is 1.21. The Labute approximate surface area is 54.8 Å². The largest absolute Gasteiger partial charge is 0.0686 e. The smallest absolute Gasteiger partial charge is 0.0191 e. The van der Waals surface area contributed by atoms with Gasteiger partial charge in [0.05, 0.1) is 0 Å². The van der Waals surface area contributed by atoms with Gasteiger partial charge in [0.15, 0.2) is 0 Å². The number of hydrogen-bond acceptors (Lipinski definition) is 0. The maximum absolute atomic E-state index is 1.65. The van der Waals surface area contributed by atoms with Crippen molar-refractivity contribution in [2.75, 3.05) is 0 Å². The fraction of sp³-hybridized carbons (Fsp3) is 1.00. The molecular formula is C4H16Si3. The molecule has 0 amide bonds. The summed E-state index contributed by atoms with van der Waals surface area (Å²) in [7, 11) is 3.38. The van der Waals surface area contributed by atoms with Crippen LogP contribution in [0.25, 0.3) is 0 Å². The molecule has 0 aliphatic carbocycles. The zero-order chi connectivity index (χ0) is 5.54. The summed E-state index contributed by atoms with van der Waals surface area (Å²) in [6.45, 7) is 0. The second kappa shape index (κ2) is 6.65. The van der Waals surface area contributed by atoms with Crippen LogP contribution in [0, 0.1) is 0 Å². The van der Waals surface area contributed by atoms with Crippen LogP contribution in [0.5, 0.6) is 0 Å². The van der Waals surface area contributed by atoms with Crippen molar-refractivity contribution in [3.05, 3.63) is 0 Å². The van der Waals surface area contributed by atoms with Gasteiger partial charge in [0.2, 0.25) is 0 Å². The zero-order valence-electron chi connectivity index (χ0n) is 5.54. The van der Waals surface area contributed by atoms with E-state index in [2.05, 4.69) is 0 Å². The second-order valence-electron chi connectivity index (χ2n) is 2.06. The normalized spacial score (nSPS) is 12.0. The predicted octanol–water partition coefficient (Wildman–Crippen LogP) is -1.44. The van der Waals surface area contributed by atoms with E-state index in [1.165, 1.54) is 20.5 Å². The number of rotatable bonds is 4. The molecule has 0 saturated heterocycles. The standard InChI is InChI=1S/C4H16Si3/c5-1-3-7-4-2-6/h1-4,7H2,5-6H3. The van der Waals surface area contributed by atoms with Gasteiger partial charge in [-0.25, -0.2) is 0 Å². The van der Waals surface area contributed by atoms with E-state index in [1.54, 1.807) is 24.2 Å². The minimum Gasteiger partial charge on any atom is -0.0686 e. The Balaban J connectivity index is 2.45. The number of hydrogen-bond donors (Lipinski definition) is 0. The van der Waals surface area contributed by atoms with Crippen LogP contribution in [0.1, 0.15) is 0 Å². The first-order chi connectivity index (χ1) is 3.41. The van der Waals surface area contributed by atoms with E-state index >= 15 is 0 Å². The third-order valence-corrected chi connectivity index (χ3v) is 7.86. The van der Waals surface area contributed by atoms with E-state index in [0.717, 1.165) is 0 Å². The molecule has 0 aromatic carbocycles. The molecule has 0 rings (SSSR count). The molecule has 0 aliphatic heterocycles. The van der Waals surface area contributed by atoms with Crippen molar-refractivity contribution in [3.8, 4) is 0 Å². The lowest BCUT2D eigenvalue weighted by molar-refractivity contribution is 1.35. The predicted molar refractivity (Wildman–Crippen MR) is 47.7 cm³/mol. The summed E-state index contributed by atoms with van der Waals surface area (Å²) in [6, 6.07) is 6.45. The molecule has 0 aliphatic rings. The van der Waals surface area contributed by atoms with E-state index in [1.807, 2.05) is 0 Å². The molecule has 0 unspecified atom stereocenters. The van der Waals surface area contributed by atoms with Crippen LogP contribution in [0.15, 0.2) is 0 Å². The highest BCUT2D eigenvalue weighted by molar-refractivity contribution is 6.38. The lowest BCUT2D eigenvalue weighted by Crippen LogP contribution is -1.86. The summed E-state index contributed by atoms with van der Waals surface area (Å²) >= 11 is 0. The molecule has 0 fully saturated rings. The van der Waals surface area contributed by atoms with Crippen molar-refractivity contribution >= 4 is 30.0 Å². The Hall–Kier alpha value is 0.651. The SMILES string of the molecule is [SiH3]CC[SiH2]CC[SiH3]. The second-order valence-corrected chi connectivity index (χ2v) is 6.18. The summed E-state index contributed by atoms with van der Waals surface area (Å²) in [6.07, 6.45) is 0. The van der Waals surface area contributed by atoms with Gasteiger partial charge in [-0.3, -0.25) is 0 Å². The van der Waals surface area contributed by atoms with Crippen molar-refractivity contribution < 1.29 is 0 Å². The van der Waals surface area contributed by atoms with Crippen molar-refractivity contribution in [2.24, 2.45) is 0 Å². The Morgan fingerprint density at radius 2 is 1.43 bits per heavy atom. The zero-order valence-corrected chi connectivity index (χ0v) is 10.9. The van der Waals surface area contributed by atoms with Crippen LogP contribution in [0.4, 0.5) is 0 Å². The molecule has 0 bridgehead atoms. The molecule has 7 heavy (non-hydrogen) atoms. The Morgan fingerprint density at radius 3 is 1.71 bits per heavy atom. The van der Waals surface area contributed by atoms with Crippen molar-refractivity contribution in [3.63, 3.8) is 0 Å². The molecular weight excluding hydrogens is 132 g/mol. The molecule has 0 saturated carbocycles. The molecule has 0 atom stereocenters. The molecule has 0 aromatic heterocycles. The fourth-order valence-corrected chi connectivity index (χ4v) is 5.03.